The summed E-state index contributed by atoms with van der Waals surface area (Å²) in [5.74, 6) is 0.288. The van der Waals surface area contributed by atoms with Gasteiger partial charge in [-0.05, 0) is 108 Å². The molecule has 2 aliphatic heterocycles. The zero-order valence-electron chi connectivity index (χ0n) is 40.0. The number of ether oxygens (including phenoxy) is 2. The third-order valence-corrected chi connectivity index (χ3v) is 17.5. The molecule has 0 N–H and O–H groups in total. The van der Waals surface area contributed by atoms with E-state index in [1.54, 1.807) is 60.7 Å². The molecular formula is C52H63N2O9PS2. The Hall–Kier alpha value is -4.46. The standard InChI is InChI=1S/C52H63N2O9PS2/c1-32(2)45-30-59-49(53(45)65(55,56)39-22-18-34(5)19-23-39)43-28-36(51(7,8)9)26-41-42-27-37(52(10,11)12)29-44(48(42)63-64(62-47(41)43)61-38-16-14-13-15-17-38)50-54(46(31-60-50)33(3)4)66(57,58)40-24-20-35(6)21-25-40/h13-29,32-33,45-46,49-50H,30-31H2,1-12H3/t45-,46-,49+,50+/m1/s1. The predicted octanol–water partition coefficient (Wildman–Crippen LogP) is 12.8. The molecule has 2 aliphatic rings. The third kappa shape index (κ3) is 9.12. The molecule has 0 radical (unpaired) electrons. The highest BCUT2D eigenvalue weighted by Crippen LogP contribution is 2.49. The molecule has 0 saturated carbocycles. The van der Waals surface area contributed by atoms with E-state index in [9.17, 15) is 0 Å². The molecule has 352 valence electrons. The minimum Gasteiger partial charge on any atom is -0.391 e. The average molecular weight is 955 g/mol. The lowest BCUT2D eigenvalue weighted by atomic mass is 9.83. The zero-order chi connectivity index (χ0) is 47.7. The van der Waals surface area contributed by atoms with Crippen molar-refractivity contribution >= 4 is 50.2 Å². The molecule has 1 aromatic heterocycles. The summed E-state index contributed by atoms with van der Waals surface area (Å²) in [6.07, 6.45) is -2.19. The van der Waals surface area contributed by atoms with Gasteiger partial charge < -0.3 is 22.4 Å². The largest absolute Gasteiger partial charge is 0.453 e. The number of hydrogen-bond acceptors (Lipinski definition) is 9. The van der Waals surface area contributed by atoms with Gasteiger partial charge in [0.1, 0.15) is 5.75 Å². The summed E-state index contributed by atoms with van der Waals surface area (Å²) in [6.45, 7) is 24.8. The molecule has 11 nitrogen and oxygen atoms in total. The highest BCUT2D eigenvalue weighted by atomic mass is 32.2. The molecule has 5 aromatic carbocycles. The minimum absolute atomic E-state index is 0.0970. The number of benzene rings is 5. The van der Waals surface area contributed by atoms with Crippen molar-refractivity contribution in [2.24, 2.45) is 11.8 Å². The molecule has 0 bridgehead atoms. The number of rotatable bonds is 10. The highest BCUT2D eigenvalue weighted by Gasteiger charge is 2.48. The van der Waals surface area contributed by atoms with Gasteiger partial charge in [-0.1, -0.05) is 123 Å². The molecule has 0 aliphatic carbocycles. The van der Waals surface area contributed by atoms with Crippen LogP contribution in [0.5, 0.6) is 5.75 Å². The molecule has 4 atom stereocenters. The minimum atomic E-state index is -4.14. The van der Waals surface area contributed by atoms with Gasteiger partial charge in [0.15, 0.2) is 23.6 Å². The van der Waals surface area contributed by atoms with Crippen molar-refractivity contribution < 1.29 is 39.2 Å². The summed E-state index contributed by atoms with van der Waals surface area (Å²) in [6, 6.07) is 30.1. The Morgan fingerprint density at radius 2 is 0.955 bits per heavy atom. The van der Waals surface area contributed by atoms with E-state index < -0.39 is 63.7 Å². The van der Waals surface area contributed by atoms with E-state index in [0.717, 1.165) is 22.3 Å². The van der Waals surface area contributed by atoms with Crippen LogP contribution < -0.4 is 4.52 Å². The molecule has 14 heteroatoms. The number of aryl methyl sites for hydroxylation is 2. The van der Waals surface area contributed by atoms with Gasteiger partial charge in [-0.15, -0.1) is 0 Å². The first-order valence-corrected chi connectivity index (χ1v) is 26.6. The van der Waals surface area contributed by atoms with Crippen molar-refractivity contribution in [1.29, 1.82) is 0 Å². The highest BCUT2D eigenvalue weighted by molar-refractivity contribution is 7.89. The lowest BCUT2D eigenvalue weighted by Crippen LogP contribution is -2.41. The molecule has 6 aromatic rings. The van der Waals surface area contributed by atoms with Gasteiger partial charge in [0.25, 0.3) is 0 Å². The first-order valence-electron chi connectivity index (χ1n) is 22.7. The van der Waals surface area contributed by atoms with Crippen LogP contribution in [0, 0.1) is 25.7 Å². The van der Waals surface area contributed by atoms with Gasteiger partial charge in [-0.25, -0.2) is 16.8 Å². The first-order chi connectivity index (χ1) is 31.0. The Kier molecular flexibility index (Phi) is 13.0. The molecule has 0 unspecified atom stereocenters. The van der Waals surface area contributed by atoms with Crippen LogP contribution in [0.1, 0.15) is 115 Å². The van der Waals surface area contributed by atoms with Crippen molar-refractivity contribution in [2.75, 3.05) is 13.2 Å². The normalized spacial score (nSPS) is 20.3. The average Bonchev–Trinajstić information content (AvgIpc) is 3.88. The number of para-hydroxylation sites is 1. The van der Waals surface area contributed by atoms with Crippen LogP contribution in [-0.2, 0) is 40.4 Å². The van der Waals surface area contributed by atoms with E-state index in [1.807, 2.05) is 71.9 Å². The molecule has 0 amide bonds. The van der Waals surface area contributed by atoms with E-state index in [1.165, 1.54) is 8.61 Å². The molecule has 3 heterocycles. The van der Waals surface area contributed by atoms with E-state index >= 15 is 16.8 Å². The molecule has 0 spiro atoms. The Balaban J connectivity index is 1.49. The number of fused-ring (bicyclic) bond motifs is 3. The van der Waals surface area contributed by atoms with Crippen LogP contribution in [0.3, 0.4) is 0 Å². The molecule has 66 heavy (non-hydrogen) atoms. The first kappa shape index (κ1) is 48.0. The summed E-state index contributed by atoms with van der Waals surface area (Å²) in [5.41, 5.74) is 4.48. The van der Waals surface area contributed by atoms with Crippen LogP contribution in [0.2, 0.25) is 0 Å². The second kappa shape index (κ2) is 17.9. The number of nitrogens with zero attached hydrogens (tertiary/aromatic N) is 2. The van der Waals surface area contributed by atoms with Crippen LogP contribution in [0.15, 0.2) is 121 Å². The van der Waals surface area contributed by atoms with Crippen molar-refractivity contribution in [1.82, 2.24) is 8.61 Å². The summed E-state index contributed by atoms with van der Waals surface area (Å²) in [5, 5.41) is 1.24. The fourth-order valence-corrected chi connectivity index (χ4v) is 13.4. The van der Waals surface area contributed by atoms with E-state index in [0.29, 0.717) is 38.8 Å². The summed E-state index contributed by atoms with van der Waals surface area (Å²) >= 11 is 0. The van der Waals surface area contributed by atoms with Crippen LogP contribution in [0.4, 0.5) is 0 Å². The van der Waals surface area contributed by atoms with Gasteiger partial charge in [0.05, 0.1) is 35.1 Å². The maximum absolute atomic E-state index is 15.0. The van der Waals surface area contributed by atoms with Gasteiger partial charge in [-0.3, -0.25) is 0 Å². The molecule has 8 rings (SSSR count). The number of hydrogen-bond donors (Lipinski definition) is 0. The fraction of sp³-hybridized carbons (Fsp3) is 0.423. The lowest BCUT2D eigenvalue weighted by Gasteiger charge is -2.31. The lowest BCUT2D eigenvalue weighted by molar-refractivity contribution is 0.0682. The summed E-state index contributed by atoms with van der Waals surface area (Å²) in [4.78, 5) is 0.329. The van der Waals surface area contributed by atoms with Crippen LogP contribution in [0.25, 0.3) is 21.9 Å². The van der Waals surface area contributed by atoms with Crippen molar-refractivity contribution in [3.05, 3.63) is 137 Å². The fourth-order valence-electron chi connectivity index (χ4n) is 8.63. The quantitative estimate of drug-likeness (QED) is 0.132. The molecular weight excluding hydrogens is 892 g/mol. The maximum atomic E-state index is 15.0. The Morgan fingerprint density at radius 1 is 0.576 bits per heavy atom. The van der Waals surface area contributed by atoms with Gasteiger partial charge in [0.2, 0.25) is 20.0 Å². The Morgan fingerprint density at radius 3 is 1.30 bits per heavy atom. The van der Waals surface area contributed by atoms with Crippen molar-refractivity contribution in [3.63, 3.8) is 0 Å². The number of sulfonamides is 2. The topological polar surface area (TPSA) is 129 Å². The van der Waals surface area contributed by atoms with E-state index in [-0.39, 0.29) is 34.8 Å². The summed E-state index contributed by atoms with van der Waals surface area (Å²) in [7, 11) is -10.6. The van der Waals surface area contributed by atoms with Crippen molar-refractivity contribution in [2.45, 2.75) is 128 Å². The van der Waals surface area contributed by atoms with Gasteiger partial charge in [-0.2, -0.15) is 8.61 Å². The second-order valence-corrected chi connectivity index (χ2v) is 25.2. The molecule has 2 fully saturated rings. The Labute approximate surface area is 391 Å². The van der Waals surface area contributed by atoms with E-state index in [4.69, 9.17) is 22.4 Å². The third-order valence-electron chi connectivity index (χ3n) is 12.7. The van der Waals surface area contributed by atoms with Gasteiger partial charge >= 0.3 is 8.24 Å². The molecule has 2 saturated heterocycles. The second-order valence-electron chi connectivity index (χ2n) is 20.5. The summed E-state index contributed by atoms with van der Waals surface area (Å²) < 4.78 is 97.2. The van der Waals surface area contributed by atoms with E-state index in [2.05, 4.69) is 53.7 Å². The van der Waals surface area contributed by atoms with Crippen LogP contribution >= 0.6 is 8.24 Å². The monoisotopic (exact) mass is 954 g/mol. The van der Waals surface area contributed by atoms with Gasteiger partial charge in [0, 0.05) is 21.9 Å². The van der Waals surface area contributed by atoms with Crippen LogP contribution in [-0.4, -0.2) is 50.7 Å². The van der Waals surface area contributed by atoms with Crippen molar-refractivity contribution in [3.8, 4) is 5.75 Å². The SMILES string of the molecule is Cc1ccc(S(=O)(=O)N2[C@@H](C(C)C)CO[C@H]2c2cc(C(C)(C)C)cc3c2op(Oc2ccccc2)oc2c([C@@H]4OC[C@H](C(C)C)N4S(=O)(=O)c4ccc(C)cc4)cc(C(C)(C)C)cc23)cc1. The predicted molar refractivity (Wildman–Crippen MR) is 261 cm³/mol. The zero-order valence-corrected chi connectivity index (χ0v) is 42.6. The smallest absolute Gasteiger partial charge is 0.391 e. The maximum Gasteiger partial charge on any atom is 0.453 e. The Bertz CT molecular complexity index is 2830.